The van der Waals surface area contributed by atoms with Crippen LogP contribution < -0.4 is 10.6 Å². The molecule has 1 aromatic rings. The van der Waals surface area contributed by atoms with Gasteiger partial charge in [-0.2, -0.15) is 0 Å². The van der Waals surface area contributed by atoms with Gasteiger partial charge in [0.15, 0.2) is 5.11 Å². The van der Waals surface area contributed by atoms with Crippen LogP contribution in [0.25, 0.3) is 0 Å². The van der Waals surface area contributed by atoms with Gasteiger partial charge in [-0.3, -0.25) is 0 Å². The van der Waals surface area contributed by atoms with Crippen molar-refractivity contribution in [2.75, 3.05) is 25.6 Å². The molecule has 0 radical (unpaired) electrons. The van der Waals surface area contributed by atoms with E-state index in [1.807, 2.05) is 24.3 Å². The van der Waals surface area contributed by atoms with Gasteiger partial charge in [0.05, 0.1) is 5.69 Å². The molecule has 0 fully saturated rings. The largest absolute Gasteiger partial charge is 0.385 e. The van der Waals surface area contributed by atoms with Crippen LogP contribution in [0.5, 0.6) is 0 Å². The molecule has 16 heavy (non-hydrogen) atoms. The molecule has 3 nitrogen and oxygen atoms in total. The lowest BCUT2D eigenvalue weighted by Crippen LogP contribution is -2.29. The summed E-state index contributed by atoms with van der Waals surface area (Å²) in [4.78, 5) is 0. The zero-order valence-electron chi connectivity index (χ0n) is 9.13. The zero-order valence-corrected chi connectivity index (χ0v) is 11.5. The molecule has 0 aliphatic carbocycles. The Morgan fingerprint density at radius 3 is 2.88 bits per heavy atom. The maximum absolute atomic E-state index is 5.16. The topological polar surface area (TPSA) is 33.3 Å². The smallest absolute Gasteiger partial charge is 0.170 e. The molecule has 0 heterocycles. The summed E-state index contributed by atoms with van der Waals surface area (Å²) in [5, 5.41) is 6.86. The van der Waals surface area contributed by atoms with Gasteiger partial charge in [0.25, 0.3) is 0 Å². The van der Waals surface area contributed by atoms with E-state index in [-0.39, 0.29) is 0 Å². The Hall–Kier alpha value is -0.650. The molecule has 0 aromatic heterocycles. The number of anilines is 1. The van der Waals surface area contributed by atoms with Crippen LogP contribution in [0.4, 0.5) is 5.69 Å². The summed E-state index contributed by atoms with van der Waals surface area (Å²) in [5.41, 5.74) is 0.965. The number of halogens is 1. The van der Waals surface area contributed by atoms with Crippen LogP contribution >= 0.6 is 28.1 Å². The molecule has 88 valence electrons. The van der Waals surface area contributed by atoms with Crippen molar-refractivity contribution in [3.05, 3.63) is 28.7 Å². The monoisotopic (exact) mass is 302 g/mol. The summed E-state index contributed by atoms with van der Waals surface area (Å²) in [6.07, 6.45) is 0.939. The minimum Gasteiger partial charge on any atom is -0.385 e. The molecule has 0 bridgehead atoms. The van der Waals surface area contributed by atoms with Crippen molar-refractivity contribution in [2.45, 2.75) is 6.42 Å². The number of para-hydroxylation sites is 1. The first-order valence-electron chi connectivity index (χ1n) is 5.02. The van der Waals surface area contributed by atoms with Gasteiger partial charge in [-0.25, -0.2) is 0 Å². The molecule has 1 aromatic carbocycles. The summed E-state index contributed by atoms with van der Waals surface area (Å²) >= 11 is 8.61. The van der Waals surface area contributed by atoms with Gasteiger partial charge in [0.2, 0.25) is 0 Å². The number of rotatable bonds is 5. The minimum absolute atomic E-state index is 0.628. The molecule has 0 atom stereocenters. The van der Waals surface area contributed by atoms with E-state index in [0.717, 1.165) is 29.7 Å². The predicted molar refractivity (Wildman–Crippen MR) is 74.9 cm³/mol. The van der Waals surface area contributed by atoms with Gasteiger partial charge in [-0.1, -0.05) is 12.1 Å². The standard InChI is InChI=1S/C11H15BrN2OS/c1-15-8-4-7-13-11(16)14-10-6-3-2-5-9(10)12/h2-3,5-6H,4,7-8H2,1H3,(H2,13,14,16). The maximum Gasteiger partial charge on any atom is 0.170 e. The Labute approximate surface area is 110 Å². The van der Waals surface area contributed by atoms with Gasteiger partial charge in [0, 0.05) is 24.7 Å². The first kappa shape index (κ1) is 13.4. The molecule has 2 N–H and O–H groups in total. The molecular weight excluding hydrogens is 288 g/mol. The first-order valence-corrected chi connectivity index (χ1v) is 6.22. The quantitative estimate of drug-likeness (QED) is 0.647. The molecule has 0 spiro atoms. The van der Waals surface area contributed by atoms with E-state index in [1.165, 1.54) is 0 Å². The minimum atomic E-state index is 0.628. The second-order valence-electron chi connectivity index (χ2n) is 3.21. The fraction of sp³-hybridized carbons (Fsp3) is 0.364. The summed E-state index contributed by atoms with van der Waals surface area (Å²) < 4.78 is 5.95. The average molecular weight is 303 g/mol. The molecule has 1 rings (SSSR count). The summed E-state index contributed by atoms with van der Waals surface area (Å²) in [7, 11) is 1.69. The van der Waals surface area contributed by atoms with Crippen molar-refractivity contribution in [1.82, 2.24) is 5.32 Å². The fourth-order valence-electron chi connectivity index (χ4n) is 1.15. The van der Waals surface area contributed by atoms with Gasteiger partial charge >= 0.3 is 0 Å². The Morgan fingerprint density at radius 1 is 1.44 bits per heavy atom. The highest BCUT2D eigenvalue weighted by molar-refractivity contribution is 9.10. The third-order valence-corrected chi connectivity index (χ3v) is 2.87. The average Bonchev–Trinajstić information content (AvgIpc) is 2.28. The number of thiocarbonyl (C=S) groups is 1. The van der Waals surface area contributed by atoms with E-state index in [1.54, 1.807) is 7.11 Å². The molecule has 0 saturated heterocycles. The van der Waals surface area contributed by atoms with Crippen molar-refractivity contribution in [1.29, 1.82) is 0 Å². The lowest BCUT2D eigenvalue weighted by molar-refractivity contribution is 0.196. The highest BCUT2D eigenvalue weighted by Crippen LogP contribution is 2.20. The van der Waals surface area contributed by atoms with Crippen molar-refractivity contribution >= 4 is 38.9 Å². The van der Waals surface area contributed by atoms with Crippen molar-refractivity contribution in [2.24, 2.45) is 0 Å². The molecule has 0 unspecified atom stereocenters. The van der Waals surface area contributed by atoms with Crippen LogP contribution in [-0.2, 0) is 4.74 Å². The van der Waals surface area contributed by atoms with E-state index < -0.39 is 0 Å². The SMILES string of the molecule is COCCCNC(=S)Nc1ccccc1Br. The number of ether oxygens (including phenoxy) is 1. The number of hydrogen-bond acceptors (Lipinski definition) is 2. The number of nitrogens with one attached hydrogen (secondary N) is 2. The summed E-state index contributed by atoms with van der Waals surface area (Å²) in [6, 6.07) is 7.86. The first-order chi connectivity index (χ1) is 7.74. The van der Waals surface area contributed by atoms with E-state index in [4.69, 9.17) is 17.0 Å². The van der Waals surface area contributed by atoms with Gasteiger partial charge < -0.3 is 15.4 Å². The van der Waals surface area contributed by atoms with Crippen LogP contribution in [-0.4, -0.2) is 25.4 Å². The fourth-order valence-corrected chi connectivity index (χ4v) is 1.74. The van der Waals surface area contributed by atoms with Gasteiger partial charge in [-0.05, 0) is 46.7 Å². The molecule has 0 aliphatic rings. The van der Waals surface area contributed by atoms with Gasteiger partial charge in [0.1, 0.15) is 0 Å². The Balaban J connectivity index is 2.32. The Morgan fingerprint density at radius 2 is 2.19 bits per heavy atom. The van der Waals surface area contributed by atoms with E-state index in [0.29, 0.717) is 5.11 Å². The van der Waals surface area contributed by atoms with Crippen molar-refractivity contribution < 1.29 is 4.74 Å². The van der Waals surface area contributed by atoms with Gasteiger partial charge in [-0.15, -0.1) is 0 Å². The molecule has 0 aliphatic heterocycles. The highest BCUT2D eigenvalue weighted by atomic mass is 79.9. The number of hydrogen-bond donors (Lipinski definition) is 2. The van der Waals surface area contributed by atoms with E-state index in [2.05, 4.69) is 26.6 Å². The normalized spacial score (nSPS) is 9.88. The zero-order chi connectivity index (χ0) is 11.8. The Bertz CT molecular complexity index is 347. The maximum atomic E-state index is 5.16. The van der Waals surface area contributed by atoms with Crippen LogP contribution in [0.3, 0.4) is 0 Å². The third-order valence-electron chi connectivity index (χ3n) is 1.93. The lowest BCUT2D eigenvalue weighted by atomic mass is 10.3. The Kier molecular flexibility index (Phi) is 6.37. The lowest BCUT2D eigenvalue weighted by Gasteiger charge is -2.11. The van der Waals surface area contributed by atoms with Crippen LogP contribution in [0, 0.1) is 0 Å². The third kappa shape index (κ3) is 4.92. The van der Waals surface area contributed by atoms with Crippen molar-refractivity contribution in [3.63, 3.8) is 0 Å². The summed E-state index contributed by atoms with van der Waals surface area (Å²) in [6.45, 7) is 1.55. The van der Waals surface area contributed by atoms with Crippen LogP contribution in [0.15, 0.2) is 28.7 Å². The van der Waals surface area contributed by atoms with Crippen molar-refractivity contribution in [3.8, 4) is 0 Å². The molecule has 0 saturated carbocycles. The van der Waals surface area contributed by atoms with E-state index in [9.17, 15) is 0 Å². The second kappa shape index (κ2) is 7.60. The number of benzene rings is 1. The summed E-state index contributed by atoms with van der Waals surface area (Å²) in [5.74, 6) is 0. The number of methoxy groups -OCH3 is 1. The molecule has 0 amide bonds. The second-order valence-corrected chi connectivity index (χ2v) is 4.47. The highest BCUT2D eigenvalue weighted by Gasteiger charge is 2.00. The molecule has 5 heteroatoms. The predicted octanol–water partition coefficient (Wildman–Crippen LogP) is 2.77. The van der Waals surface area contributed by atoms with E-state index >= 15 is 0 Å². The van der Waals surface area contributed by atoms with Crippen LogP contribution in [0.2, 0.25) is 0 Å². The molecular formula is C11H15BrN2OS. The van der Waals surface area contributed by atoms with Crippen LogP contribution in [0.1, 0.15) is 6.42 Å².